The van der Waals surface area contributed by atoms with Crippen LogP contribution in [-0.2, 0) is 12.4 Å². The first-order valence-electron chi connectivity index (χ1n) is 5.68. The maximum absolute atomic E-state index is 11.9. The lowest BCUT2D eigenvalue weighted by Crippen LogP contribution is -2.22. The lowest BCUT2D eigenvalue weighted by Gasteiger charge is -2.02. The Hall–Kier alpha value is -1.74. The first kappa shape index (κ1) is 12.7. The Balaban J connectivity index is 1.99. The second-order valence-corrected chi connectivity index (χ2v) is 4.26. The molecule has 2 rings (SSSR count). The zero-order valence-corrected chi connectivity index (χ0v) is 10.8. The maximum Gasteiger partial charge on any atom is 0.287 e. The van der Waals surface area contributed by atoms with Gasteiger partial charge in [-0.15, -0.1) is 11.6 Å². The molecule has 1 heterocycles. The van der Waals surface area contributed by atoms with Gasteiger partial charge in [-0.3, -0.25) is 4.79 Å². The monoisotopic (exact) mass is 263 g/mol. The summed E-state index contributed by atoms with van der Waals surface area (Å²) in [6, 6.07) is 11.4. The Labute approximate surface area is 111 Å². The number of rotatable bonds is 4. The van der Waals surface area contributed by atoms with Gasteiger partial charge >= 0.3 is 0 Å². The molecule has 1 aromatic heterocycles. The van der Waals surface area contributed by atoms with Gasteiger partial charge in [-0.2, -0.15) is 0 Å². The number of amides is 1. The zero-order chi connectivity index (χ0) is 13.0. The molecular formula is C14H14ClNO2. The molecule has 0 spiro atoms. The molecule has 0 saturated heterocycles. The molecule has 0 aliphatic carbocycles. The molecule has 0 saturated carbocycles. The molecule has 0 aliphatic heterocycles. The largest absolute Gasteiger partial charge is 0.456 e. The number of hydrogen-bond acceptors (Lipinski definition) is 2. The van der Waals surface area contributed by atoms with E-state index in [0.29, 0.717) is 23.9 Å². The molecule has 18 heavy (non-hydrogen) atoms. The molecule has 1 amide bonds. The molecule has 0 aliphatic rings. The van der Waals surface area contributed by atoms with Crippen molar-refractivity contribution in [2.75, 3.05) is 0 Å². The van der Waals surface area contributed by atoms with Crippen LogP contribution in [0.25, 0.3) is 0 Å². The van der Waals surface area contributed by atoms with Crippen LogP contribution in [0, 0.1) is 6.92 Å². The van der Waals surface area contributed by atoms with Crippen LogP contribution < -0.4 is 5.32 Å². The molecule has 0 bridgehead atoms. The van der Waals surface area contributed by atoms with Gasteiger partial charge in [0.1, 0.15) is 5.76 Å². The van der Waals surface area contributed by atoms with E-state index in [4.69, 9.17) is 16.0 Å². The van der Waals surface area contributed by atoms with E-state index in [1.807, 2.05) is 30.3 Å². The number of halogens is 1. The molecule has 0 unspecified atom stereocenters. The van der Waals surface area contributed by atoms with Crippen LogP contribution in [0.5, 0.6) is 0 Å². The quantitative estimate of drug-likeness (QED) is 0.861. The summed E-state index contributed by atoms with van der Waals surface area (Å²) in [7, 11) is 0. The molecule has 94 valence electrons. The van der Waals surface area contributed by atoms with Crippen molar-refractivity contribution in [3.8, 4) is 0 Å². The van der Waals surface area contributed by atoms with Crippen molar-refractivity contribution in [3.05, 3.63) is 59.0 Å². The van der Waals surface area contributed by atoms with Crippen molar-refractivity contribution in [3.63, 3.8) is 0 Å². The highest BCUT2D eigenvalue weighted by molar-refractivity contribution is 6.17. The molecule has 0 radical (unpaired) electrons. The van der Waals surface area contributed by atoms with Crippen LogP contribution in [0.1, 0.15) is 27.4 Å². The Kier molecular flexibility index (Phi) is 4.05. The Morgan fingerprint density at radius 1 is 1.33 bits per heavy atom. The van der Waals surface area contributed by atoms with Crippen LogP contribution >= 0.6 is 11.6 Å². The first-order chi connectivity index (χ1) is 8.70. The van der Waals surface area contributed by atoms with Crippen molar-refractivity contribution < 1.29 is 9.21 Å². The van der Waals surface area contributed by atoms with Crippen molar-refractivity contribution in [1.29, 1.82) is 0 Å². The summed E-state index contributed by atoms with van der Waals surface area (Å²) in [6.45, 7) is 2.28. The first-order valence-corrected chi connectivity index (χ1v) is 6.21. The second kappa shape index (κ2) is 5.74. The van der Waals surface area contributed by atoms with Gasteiger partial charge in [0.2, 0.25) is 0 Å². The SMILES string of the molecule is Cc1oc(C(=O)NCc2ccccc2)cc1CCl. The van der Waals surface area contributed by atoms with Gasteiger partial charge in [0.05, 0.1) is 5.88 Å². The third-order valence-corrected chi connectivity index (χ3v) is 2.97. The molecule has 1 aromatic carbocycles. The van der Waals surface area contributed by atoms with Crippen molar-refractivity contribution in [2.24, 2.45) is 0 Å². The minimum atomic E-state index is -0.224. The number of carbonyl (C=O) groups excluding carboxylic acids is 1. The van der Waals surface area contributed by atoms with E-state index in [-0.39, 0.29) is 5.91 Å². The normalized spacial score (nSPS) is 10.3. The summed E-state index contributed by atoms with van der Waals surface area (Å²) in [5.74, 6) is 1.12. The summed E-state index contributed by atoms with van der Waals surface area (Å²) in [6.07, 6.45) is 0. The number of benzene rings is 1. The molecule has 4 heteroatoms. The van der Waals surface area contributed by atoms with Gasteiger partial charge in [-0.1, -0.05) is 30.3 Å². The average molecular weight is 264 g/mol. The summed E-state index contributed by atoms with van der Waals surface area (Å²) in [5.41, 5.74) is 1.90. The summed E-state index contributed by atoms with van der Waals surface area (Å²) in [5, 5.41) is 2.80. The second-order valence-electron chi connectivity index (χ2n) is 3.99. The lowest BCUT2D eigenvalue weighted by molar-refractivity contribution is 0.0922. The highest BCUT2D eigenvalue weighted by Crippen LogP contribution is 2.16. The predicted molar refractivity (Wildman–Crippen MR) is 70.6 cm³/mol. The fourth-order valence-electron chi connectivity index (χ4n) is 1.63. The molecule has 0 atom stereocenters. The predicted octanol–water partition coefficient (Wildman–Crippen LogP) is 3.26. The van der Waals surface area contributed by atoms with Crippen molar-refractivity contribution in [2.45, 2.75) is 19.3 Å². The minimum absolute atomic E-state index is 0.224. The summed E-state index contributed by atoms with van der Waals surface area (Å²) in [4.78, 5) is 11.9. The smallest absolute Gasteiger partial charge is 0.287 e. The maximum atomic E-state index is 11.9. The van der Waals surface area contributed by atoms with Crippen LogP contribution in [0.3, 0.4) is 0 Å². The van der Waals surface area contributed by atoms with E-state index < -0.39 is 0 Å². The zero-order valence-electron chi connectivity index (χ0n) is 10.1. The third kappa shape index (κ3) is 2.93. The molecule has 2 aromatic rings. The molecule has 0 fully saturated rings. The number of hydrogen-bond donors (Lipinski definition) is 1. The van der Waals surface area contributed by atoms with Crippen LogP contribution in [0.2, 0.25) is 0 Å². The van der Waals surface area contributed by atoms with Crippen molar-refractivity contribution >= 4 is 17.5 Å². The van der Waals surface area contributed by atoms with E-state index in [2.05, 4.69) is 5.32 Å². The Bertz CT molecular complexity index is 534. The number of alkyl halides is 1. The van der Waals surface area contributed by atoms with Gasteiger partial charge in [-0.05, 0) is 18.6 Å². The number of furan rings is 1. The molecular weight excluding hydrogens is 250 g/mol. The standard InChI is InChI=1S/C14H14ClNO2/c1-10-12(8-15)7-13(18-10)14(17)16-9-11-5-3-2-4-6-11/h2-7H,8-9H2,1H3,(H,16,17). The Morgan fingerprint density at radius 2 is 2.06 bits per heavy atom. The van der Waals surface area contributed by atoms with E-state index in [1.54, 1.807) is 13.0 Å². The number of nitrogens with one attached hydrogen (secondary N) is 1. The number of aryl methyl sites for hydroxylation is 1. The highest BCUT2D eigenvalue weighted by Gasteiger charge is 2.13. The summed E-state index contributed by atoms with van der Waals surface area (Å²) >= 11 is 5.73. The van der Waals surface area contributed by atoms with Crippen molar-refractivity contribution in [1.82, 2.24) is 5.32 Å². The lowest BCUT2D eigenvalue weighted by atomic mass is 10.2. The van der Waals surface area contributed by atoms with E-state index in [9.17, 15) is 4.79 Å². The summed E-state index contributed by atoms with van der Waals surface area (Å²) < 4.78 is 5.36. The van der Waals surface area contributed by atoms with Gasteiger partial charge in [0.15, 0.2) is 5.76 Å². The molecule has 1 N–H and O–H groups in total. The third-order valence-electron chi connectivity index (χ3n) is 2.68. The fourth-order valence-corrected chi connectivity index (χ4v) is 1.90. The van der Waals surface area contributed by atoms with Crippen LogP contribution in [0.4, 0.5) is 0 Å². The minimum Gasteiger partial charge on any atom is -0.456 e. The average Bonchev–Trinajstić information content (AvgIpc) is 2.78. The van der Waals surface area contributed by atoms with E-state index in [1.165, 1.54) is 0 Å². The van der Waals surface area contributed by atoms with Gasteiger partial charge < -0.3 is 9.73 Å². The van der Waals surface area contributed by atoms with Crippen LogP contribution in [-0.4, -0.2) is 5.91 Å². The van der Waals surface area contributed by atoms with Gasteiger partial charge in [-0.25, -0.2) is 0 Å². The topological polar surface area (TPSA) is 42.2 Å². The molecule has 3 nitrogen and oxygen atoms in total. The van der Waals surface area contributed by atoms with E-state index in [0.717, 1.165) is 11.1 Å². The number of carbonyl (C=O) groups is 1. The fraction of sp³-hybridized carbons (Fsp3) is 0.214. The van der Waals surface area contributed by atoms with Gasteiger partial charge in [0.25, 0.3) is 5.91 Å². The van der Waals surface area contributed by atoms with E-state index >= 15 is 0 Å². The van der Waals surface area contributed by atoms with Crippen LogP contribution in [0.15, 0.2) is 40.8 Å². The Morgan fingerprint density at radius 3 is 2.67 bits per heavy atom. The van der Waals surface area contributed by atoms with Gasteiger partial charge in [0, 0.05) is 12.1 Å². The highest BCUT2D eigenvalue weighted by atomic mass is 35.5.